The summed E-state index contributed by atoms with van der Waals surface area (Å²) in [5.41, 5.74) is 12.9. The van der Waals surface area contributed by atoms with Crippen LogP contribution in [0.4, 0.5) is 0 Å². The fraction of sp³-hybridized carbons (Fsp3) is 0.357. The van der Waals surface area contributed by atoms with Crippen LogP contribution in [0.3, 0.4) is 0 Å². The minimum absolute atomic E-state index is 0.172. The molecule has 38 heavy (non-hydrogen) atoms. The maximum atomic E-state index is 13.3. The third-order valence-corrected chi connectivity index (χ3v) is 6.06. The number of nitrogens with two attached hydrogens (primary N) is 2. The second-order valence-corrected chi connectivity index (χ2v) is 9.23. The Morgan fingerprint density at radius 3 is 2.29 bits per heavy atom. The average molecular weight is 522 g/mol. The van der Waals surface area contributed by atoms with Crippen molar-refractivity contribution in [2.24, 2.45) is 11.5 Å². The molecule has 0 spiro atoms. The van der Waals surface area contributed by atoms with Crippen molar-refractivity contribution in [1.29, 1.82) is 0 Å². The first kappa shape index (κ1) is 28.5. The minimum atomic E-state index is -0.913. The van der Waals surface area contributed by atoms with Crippen LogP contribution in [0.1, 0.15) is 37.3 Å². The number of carbonyl (C=O) groups is 3. The van der Waals surface area contributed by atoms with Gasteiger partial charge < -0.3 is 31.8 Å². The predicted octanol–water partition coefficient (Wildman–Crippen LogP) is 1.10. The van der Waals surface area contributed by atoms with Gasteiger partial charge in [0.05, 0.1) is 6.04 Å². The highest BCUT2D eigenvalue weighted by Gasteiger charge is 2.27. The SMILES string of the molecule is C[C@H](N)C(=O)N[C@@H](Cc1ccccc1)C(=O)N[C@@H](CCCCN)C(=O)NCc1ccc2ccc(=O)oc2c1. The molecule has 2 aromatic carbocycles. The molecule has 3 amide bonds. The van der Waals surface area contributed by atoms with Crippen molar-refractivity contribution in [3.63, 3.8) is 0 Å². The summed E-state index contributed by atoms with van der Waals surface area (Å²) in [6, 6.07) is 15.1. The van der Waals surface area contributed by atoms with Crippen LogP contribution in [0.15, 0.2) is 69.9 Å². The molecule has 3 rings (SSSR count). The molecule has 0 aliphatic carbocycles. The van der Waals surface area contributed by atoms with E-state index in [-0.39, 0.29) is 18.9 Å². The molecule has 0 fully saturated rings. The molecule has 7 N–H and O–H groups in total. The van der Waals surface area contributed by atoms with Gasteiger partial charge in [0.15, 0.2) is 0 Å². The van der Waals surface area contributed by atoms with Crippen LogP contribution in [0.25, 0.3) is 11.0 Å². The Balaban J connectivity index is 1.71. The number of rotatable bonds is 13. The van der Waals surface area contributed by atoms with Gasteiger partial charge >= 0.3 is 5.63 Å². The molecule has 1 heterocycles. The molecular formula is C28H35N5O5. The fourth-order valence-electron chi connectivity index (χ4n) is 3.92. The summed E-state index contributed by atoms with van der Waals surface area (Å²) in [6.07, 6.45) is 1.94. The number of carbonyl (C=O) groups excluding carboxylic acids is 3. The van der Waals surface area contributed by atoms with Crippen LogP contribution in [-0.4, -0.2) is 42.4 Å². The number of unbranched alkanes of at least 4 members (excludes halogenated alkanes) is 1. The summed E-state index contributed by atoms with van der Waals surface area (Å²) in [4.78, 5) is 50.3. The van der Waals surface area contributed by atoms with Crippen molar-refractivity contribution in [2.75, 3.05) is 6.54 Å². The number of amides is 3. The van der Waals surface area contributed by atoms with Gasteiger partial charge in [-0.3, -0.25) is 14.4 Å². The molecule has 0 aliphatic heterocycles. The Kier molecular flexibility index (Phi) is 10.6. The topological polar surface area (TPSA) is 170 Å². The molecular weight excluding hydrogens is 486 g/mol. The normalized spacial score (nSPS) is 13.3. The maximum Gasteiger partial charge on any atom is 0.336 e. The molecule has 0 unspecified atom stereocenters. The van der Waals surface area contributed by atoms with Crippen LogP contribution >= 0.6 is 0 Å². The average Bonchev–Trinajstić information content (AvgIpc) is 2.91. The molecule has 3 atom stereocenters. The molecule has 10 nitrogen and oxygen atoms in total. The van der Waals surface area contributed by atoms with E-state index in [2.05, 4.69) is 16.0 Å². The molecule has 0 saturated carbocycles. The zero-order valence-electron chi connectivity index (χ0n) is 21.4. The molecule has 0 saturated heterocycles. The Morgan fingerprint density at radius 2 is 1.58 bits per heavy atom. The lowest BCUT2D eigenvalue weighted by Gasteiger charge is -2.24. The molecule has 3 aromatic rings. The summed E-state index contributed by atoms with van der Waals surface area (Å²) in [5.74, 6) is -1.32. The van der Waals surface area contributed by atoms with Crippen LogP contribution in [0.2, 0.25) is 0 Å². The molecule has 1 aromatic heterocycles. The van der Waals surface area contributed by atoms with Crippen LogP contribution in [-0.2, 0) is 27.3 Å². The minimum Gasteiger partial charge on any atom is -0.423 e. The zero-order valence-corrected chi connectivity index (χ0v) is 21.4. The first-order valence-corrected chi connectivity index (χ1v) is 12.7. The number of hydrogen-bond donors (Lipinski definition) is 5. The van der Waals surface area contributed by atoms with Crippen LogP contribution in [0, 0.1) is 0 Å². The quantitative estimate of drug-likeness (QED) is 0.166. The zero-order chi connectivity index (χ0) is 27.5. The lowest BCUT2D eigenvalue weighted by molar-refractivity contribution is -0.132. The predicted molar refractivity (Wildman–Crippen MR) is 145 cm³/mol. The smallest absolute Gasteiger partial charge is 0.336 e. The second kappa shape index (κ2) is 14.1. The van der Waals surface area contributed by atoms with E-state index in [0.29, 0.717) is 31.4 Å². The first-order valence-electron chi connectivity index (χ1n) is 12.7. The molecule has 10 heteroatoms. The van der Waals surface area contributed by atoms with Gasteiger partial charge in [0.1, 0.15) is 17.7 Å². The standard InChI is InChI=1S/C28H35N5O5/c1-18(30)26(35)33-23(15-19-7-3-2-4-8-19)28(37)32-22(9-5-6-14-29)27(36)31-17-20-10-11-21-12-13-25(34)38-24(21)16-20/h2-4,7-8,10-13,16,18,22-23H,5-6,9,14-15,17,29-30H2,1H3,(H,31,36)(H,32,37)(H,33,35)/t18-,22-,23-/m0/s1. The maximum absolute atomic E-state index is 13.3. The van der Waals surface area contributed by atoms with E-state index in [1.54, 1.807) is 18.2 Å². The lowest BCUT2D eigenvalue weighted by atomic mass is 10.0. The summed E-state index contributed by atoms with van der Waals surface area (Å²) >= 11 is 0. The number of benzene rings is 2. The van der Waals surface area contributed by atoms with E-state index >= 15 is 0 Å². The van der Waals surface area contributed by atoms with Gasteiger partial charge in [-0.25, -0.2) is 4.79 Å². The Morgan fingerprint density at radius 1 is 0.868 bits per heavy atom. The van der Waals surface area contributed by atoms with Gasteiger partial charge in [-0.05, 0) is 56.0 Å². The summed E-state index contributed by atoms with van der Waals surface area (Å²) < 4.78 is 5.22. The van der Waals surface area contributed by atoms with Gasteiger partial charge in [0.2, 0.25) is 17.7 Å². The molecule has 202 valence electrons. The van der Waals surface area contributed by atoms with Crippen molar-refractivity contribution in [3.8, 4) is 0 Å². The molecule has 0 bridgehead atoms. The summed E-state index contributed by atoms with van der Waals surface area (Å²) in [5, 5.41) is 9.11. The van der Waals surface area contributed by atoms with Crippen LogP contribution < -0.4 is 33.0 Å². The highest BCUT2D eigenvalue weighted by Crippen LogP contribution is 2.14. The molecule has 0 aliphatic rings. The summed E-state index contributed by atoms with van der Waals surface area (Å²) in [6.45, 7) is 2.17. The third-order valence-electron chi connectivity index (χ3n) is 6.06. The van der Waals surface area contributed by atoms with Crippen molar-refractivity contribution in [1.82, 2.24) is 16.0 Å². The van der Waals surface area contributed by atoms with Gasteiger partial charge in [-0.2, -0.15) is 0 Å². The van der Waals surface area contributed by atoms with Gasteiger partial charge in [0, 0.05) is 24.4 Å². The van der Waals surface area contributed by atoms with E-state index in [0.717, 1.165) is 16.5 Å². The number of nitrogens with one attached hydrogen (secondary N) is 3. The Labute approximate surface area is 221 Å². The van der Waals surface area contributed by atoms with Crippen molar-refractivity contribution < 1.29 is 18.8 Å². The van der Waals surface area contributed by atoms with Gasteiger partial charge in [-0.1, -0.05) is 42.5 Å². The van der Waals surface area contributed by atoms with E-state index < -0.39 is 35.6 Å². The van der Waals surface area contributed by atoms with Crippen molar-refractivity contribution in [3.05, 3.63) is 82.2 Å². The van der Waals surface area contributed by atoms with Gasteiger partial charge in [0.25, 0.3) is 0 Å². The van der Waals surface area contributed by atoms with Crippen LogP contribution in [0.5, 0.6) is 0 Å². The monoisotopic (exact) mass is 521 g/mol. The Hall–Kier alpha value is -4.02. The lowest BCUT2D eigenvalue weighted by Crippen LogP contribution is -2.56. The molecule has 0 radical (unpaired) electrons. The third kappa shape index (κ3) is 8.53. The number of fused-ring (bicyclic) bond motifs is 1. The van der Waals surface area contributed by atoms with Gasteiger partial charge in [-0.15, -0.1) is 0 Å². The highest BCUT2D eigenvalue weighted by molar-refractivity contribution is 5.93. The largest absolute Gasteiger partial charge is 0.423 e. The Bertz CT molecular complexity index is 1290. The number of hydrogen-bond acceptors (Lipinski definition) is 7. The van der Waals surface area contributed by atoms with Crippen molar-refractivity contribution >= 4 is 28.7 Å². The second-order valence-electron chi connectivity index (χ2n) is 9.23. The van der Waals surface area contributed by atoms with E-state index in [9.17, 15) is 19.2 Å². The highest BCUT2D eigenvalue weighted by atomic mass is 16.4. The van der Waals surface area contributed by atoms with E-state index in [4.69, 9.17) is 15.9 Å². The van der Waals surface area contributed by atoms with Crippen molar-refractivity contribution in [2.45, 2.75) is 57.3 Å². The summed E-state index contributed by atoms with van der Waals surface area (Å²) in [7, 11) is 0. The first-order chi connectivity index (χ1) is 18.3. The fourth-order valence-corrected chi connectivity index (χ4v) is 3.92. The van der Waals surface area contributed by atoms with E-state index in [1.165, 1.54) is 13.0 Å². The van der Waals surface area contributed by atoms with E-state index in [1.807, 2.05) is 36.4 Å².